The minimum atomic E-state index is -0.770. The molecule has 0 aliphatic carbocycles. The topological polar surface area (TPSA) is 80.0 Å². The van der Waals surface area contributed by atoms with Gasteiger partial charge in [0.05, 0.1) is 12.6 Å². The number of aryl methyl sites for hydroxylation is 1. The SMILES string of the molecule is O=C(O)CCNCCCn1ccnn1. The first kappa shape index (κ1) is 10.6. The highest BCUT2D eigenvalue weighted by molar-refractivity contribution is 5.66. The van der Waals surface area contributed by atoms with E-state index >= 15 is 0 Å². The molecule has 0 amide bonds. The molecule has 0 spiro atoms. The average Bonchev–Trinajstić information content (AvgIpc) is 2.63. The zero-order chi connectivity index (χ0) is 10.2. The van der Waals surface area contributed by atoms with Gasteiger partial charge in [0.15, 0.2) is 0 Å². The van der Waals surface area contributed by atoms with Crippen molar-refractivity contribution in [3.8, 4) is 0 Å². The molecular weight excluding hydrogens is 184 g/mol. The molecule has 0 saturated carbocycles. The fourth-order valence-corrected chi connectivity index (χ4v) is 1.04. The number of carbonyl (C=O) groups is 1. The molecule has 1 rings (SSSR count). The highest BCUT2D eigenvalue weighted by atomic mass is 16.4. The van der Waals surface area contributed by atoms with E-state index in [1.54, 1.807) is 17.1 Å². The van der Waals surface area contributed by atoms with E-state index in [2.05, 4.69) is 15.6 Å². The van der Waals surface area contributed by atoms with Crippen molar-refractivity contribution in [2.45, 2.75) is 19.4 Å². The number of hydrogen-bond acceptors (Lipinski definition) is 4. The fourth-order valence-electron chi connectivity index (χ4n) is 1.04. The number of carboxylic acid groups (broad SMARTS) is 1. The molecule has 6 heteroatoms. The maximum absolute atomic E-state index is 10.2. The molecule has 0 unspecified atom stereocenters. The van der Waals surface area contributed by atoms with Crippen molar-refractivity contribution in [2.75, 3.05) is 13.1 Å². The lowest BCUT2D eigenvalue weighted by Gasteiger charge is -2.02. The van der Waals surface area contributed by atoms with E-state index in [0.29, 0.717) is 6.54 Å². The van der Waals surface area contributed by atoms with Crippen LogP contribution in [0.2, 0.25) is 0 Å². The van der Waals surface area contributed by atoms with Crippen LogP contribution in [0.15, 0.2) is 12.4 Å². The normalized spacial score (nSPS) is 10.3. The van der Waals surface area contributed by atoms with Crippen LogP contribution in [0.25, 0.3) is 0 Å². The summed E-state index contributed by atoms with van der Waals surface area (Å²) in [6, 6.07) is 0. The summed E-state index contributed by atoms with van der Waals surface area (Å²) in [5.74, 6) is -0.770. The lowest BCUT2D eigenvalue weighted by atomic mass is 10.4. The fraction of sp³-hybridized carbons (Fsp3) is 0.625. The van der Waals surface area contributed by atoms with E-state index in [9.17, 15) is 4.79 Å². The van der Waals surface area contributed by atoms with Gasteiger partial charge in [-0.15, -0.1) is 5.10 Å². The van der Waals surface area contributed by atoms with Crippen molar-refractivity contribution in [1.82, 2.24) is 20.3 Å². The standard InChI is InChI=1S/C8H14N4O2/c13-8(14)2-4-9-3-1-6-12-7-5-10-11-12/h5,7,9H,1-4,6H2,(H,13,14). The van der Waals surface area contributed by atoms with Gasteiger partial charge < -0.3 is 10.4 Å². The van der Waals surface area contributed by atoms with Crippen molar-refractivity contribution in [3.05, 3.63) is 12.4 Å². The summed E-state index contributed by atoms with van der Waals surface area (Å²) in [6.45, 7) is 2.12. The third-order valence-corrected chi connectivity index (χ3v) is 1.73. The van der Waals surface area contributed by atoms with E-state index in [1.165, 1.54) is 0 Å². The van der Waals surface area contributed by atoms with Gasteiger partial charge in [-0.25, -0.2) is 0 Å². The highest BCUT2D eigenvalue weighted by Crippen LogP contribution is 1.85. The molecule has 78 valence electrons. The summed E-state index contributed by atoms with van der Waals surface area (Å²) < 4.78 is 1.75. The Morgan fingerprint density at radius 1 is 1.50 bits per heavy atom. The predicted octanol–water partition coefficient (Wildman–Crippen LogP) is -0.268. The maximum Gasteiger partial charge on any atom is 0.304 e. The molecule has 6 nitrogen and oxygen atoms in total. The Balaban J connectivity index is 1.92. The lowest BCUT2D eigenvalue weighted by Crippen LogP contribution is -2.20. The average molecular weight is 198 g/mol. The quantitative estimate of drug-likeness (QED) is 0.590. The molecular formula is C8H14N4O2. The second-order valence-electron chi connectivity index (χ2n) is 2.91. The van der Waals surface area contributed by atoms with E-state index in [1.807, 2.05) is 0 Å². The molecule has 1 heterocycles. The van der Waals surface area contributed by atoms with Crippen molar-refractivity contribution < 1.29 is 9.90 Å². The molecule has 0 saturated heterocycles. The lowest BCUT2D eigenvalue weighted by molar-refractivity contribution is -0.136. The van der Waals surface area contributed by atoms with E-state index < -0.39 is 5.97 Å². The van der Waals surface area contributed by atoms with Crippen LogP contribution in [0, 0.1) is 0 Å². The Morgan fingerprint density at radius 3 is 3.00 bits per heavy atom. The molecule has 0 bridgehead atoms. The largest absolute Gasteiger partial charge is 0.481 e. The molecule has 1 aromatic rings. The van der Waals surface area contributed by atoms with Crippen LogP contribution < -0.4 is 5.32 Å². The van der Waals surface area contributed by atoms with Crippen LogP contribution in [0.3, 0.4) is 0 Å². The third-order valence-electron chi connectivity index (χ3n) is 1.73. The molecule has 1 aromatic heterocycles. The van der Waals surface area contributed by atoms with E-state index in [0.717, 1.165) is 19.5 Å². The zero-order valence-corrected chi connectivity index (χ0v) is 7.89. The molecule has 0 radical (unpaired) electrons. The number of rotatable bonds is 7. The van der Waals surface area contributed by atoms with Crippen LogP contribution in [0.4, 0.5) is 0 Å². The molecule has 0 aliphatic rings. The van der Waals surface area contributed by atoms with Gasteiger partial charge >= 0.3 is 5.97 Å². The molecule has 0 aromatic carbocycles. The summed E-state index contributed by atoms with van der Waals surface area (Å²) in [4.78, 5) is 10.2. The van der Waals surface area contributed by atoms with Crippen LogP contribution in [0.5, 0.6) is 0 Å². The number of nitrogens with zero attached hydrogens (tertiary/aromatic N) is 3. The summed E-state index contributed by atoms with van der Waals surface area (Å²) in [5.41, 5.74) is 0. The summed E-state index contributed by atoms with van der Waals surface area (Å²) in [7, 11) is 0. The predicted molar refractivity (Wildman–Crippen MR) is 49.8 cm³/mol. The van der Waals surface area contributed by atoms with Crippen molar-refractivity contribution in [2.24, 2.45) is 0 Å². The molecule has 0 atom stereocenters. The monoisotopic (exact) mass is 198 g/mol. The Morgan fingerprint density at radius 2 is 2.36 bits per heavy atom. The summed E-state index contributed by atoms with van der Waals surface area (Å²) >= 11 is 0. The van der Waals surface area contributed by atoms with Gasteiger partial charge in [-0.2, -0.15) is 0 Å². The van der Waals surface area contributed by atoms with E-state index in [4.69, 9.17) is 5.11 Å². The van der Waals surface area contributed by atoms with Crippen LogP contribution in [-0.4, -0.2) is 39.2 Å². The van der Waals surface area contributed by atoms with Gasteiger partial charge in [0.25, 0.3) is 0 Å². The van der Waals surface area contributed by atoms with Gasteiger partial charge in [0.2, 0.25) is 0 Å². The van der Waals surface area contributed by atoms with Gasteiger partial charge in [-0.1, -0.05) is 5.21 Å². The summed E-state index contributed by atoms with van der Waals surface area (Å²) in [5, 5.41) is 18.9. The van der Waals surface area contributed by atoms with Crippen LogP contribution in [-0.2, 0) is 11.3 Å². The van der Waals surface area contributed by atoms with Crippen molar-refractivity contribution in [1.29, 1.82) is 0 Å². The molecule has 14 heavy (non-hydrogen) atoms. The van der Waals surface area contributed by atoms with Gasteiger partial charge in [-0.3, -0.25) is 9.48 Å². The highest BCUT2D eigenvalue weighted by Gasteiger charge is 1.95. The number of carboxylic acids is 1. The summed E-state index contributed by atoms with van der Waals surface area (Å²) in [6.07, 6.45) is 4.53. The van der Waals surface area contributed by atoms with Gasteiger partial charge in [-0.05, 0) is 13.0 Å². The number of nitrogens with one attached hydrogen (secondary N) is 1. The first-order chi connectivity index (χ1) is 6.79. The molecule has 0 aliphatic heterocycles. The van der Waals surface area contributed by atoms with Crippen LogP contribution >= 0.6 is 0 Å². The minimum Gasteiger partial charge on any atom is -0.481 e. The smallest absolute Gasteiger partial charge is 0.304 e. The first-order valence-corrected chi connectivity index (χ1v) is 4.55. The number of aromatic nitrogens is 3. The molecule has 0 fully saturated rings. The first-order valence-electron chi connectivity index (χ1n) is 4.55. The Bertz CT molecular complexity index is 260. The van der Waals surface area contributed by atoms with Crippen molar-refractivity contribution >= 4 is 5.97 Å². The van der Waals surface area contributed by atoms with Gasteiger partial charge in [0, 0.05) is 19.3 Å². The van der Waals surface area contributed by atoms with Crippen molar-refractivity contribution in [3.63, 3.8) is 0 Å². The third kappa shape index (κ3) is 4.56. The maximum atomic E-state index is 10.2. The second-order valence-corrected chi connectivity index (χ2v) is 2.91. The Hall–Kier alpha value is -1.43. The minimum absolute atomic E-state index is 0.170. The number of hydrogen-bond donors (Lipinski definition) is 2. The van der Waals surface area contributed by atoms with E-state index in [-0.39, 0.29) is 6.42 Å². The second kappa shape index (κ2) is 6.09. The Kier molecular flexibility index (Phi) is 4.63. The van der Waals surface area contributed by atoms with Gasteiger partial charge in [0.1, 0.15) is 0 Å². The van der Waals surface area contributed by atoms with Crippen LogP contribution in [0.1, 0.15) is 12.8 Å². The molecule has 2 N–H and O–H groups in total. The number of aliphatic carboxylic acids is 1. The zero-order valence-electron chi connectivity index (χ0n) is 7.89. The Labute approximate surface area is 81.9 Å².